The van der Waals surface area contributed by atoms with Gasteiger partial charge in [0.1, 0.15) is 6.61 Å². The van der Waals surface area contributed by atoms with Gasteiger partial charge in [0.2, 0.25) is 0 Å². The highest BCUT2D eigenvalue weighted by atomic mass is 16.5. The second-order valence-corrected chi connectivity index (χ2v) is 10.1. The molecule has 5 rings (SSSR count). The molecule has 1 amide bonds. The molecule has 1 heterocycles. The first-order chi connectivity index (χ1) is 20.4. The van der Waals surface area contributed by atoms with Crippen molar-refractivity contribution in [3.05, 3.63) is 119 Å². The van der Waals surface area contributed by atoms with E-state index in [4.69, 9.17) is 14.2 Å². The Labute approximate surface area is 245 Å². The SMILES string of the molecule is COc1cc(CN(C(=O)c2ccccc2)c2ccc(N3CCOCC3)c(C(=O)O)c2)ccc1OCc1cccc(C)c1. The number of methoxy groups -OCH3 is 1. The Morgan fingerprint density at radius 1 is 0.881 bits per heavy atom. The van der Waals surface area contributed by atoms with E-state index in [1.165, 1.54) is 0 Å². The molecule has 0 aliphatic carbocycles. The van der Waals surface area contributed by atoms with E-state index in [0.29, 0.717) is 61.3 Å². The Bertz CT molecular complexity index is 1550. The molecule has 0 saturated carbocycles. The Balaban J connectivity index is 1.45. The van der Waals surface area contributed by atoms with Crippen molar-refractivity contribution >= 4 is 23.3 Å². The first-order valence-electron chi connectivity index (χ1n) is 13.8. The molecule has 42 heavy (non-hydrogen) atoms. The van der Waals surface area contributed by atoms with Crippen molar-refractivity contribution in [2.75, 3.05) is 43.2 Å². The van der Waals surface area contributed by atoms with Crippen molar-refractivity contribution in [3.63, 3.8) is 0 Å². The predicted octanol–water partition coefficient (Wildman–Crippen LogP) is 5.96. The lowest BCUT2D eigenvalue weighted by Crippen LogP contribution is -2.37. The van der Waals surface area contributed by atoms with Gasteiger partial charge >= 0.3 is 5.97 Å². The second kappa shape index (κ2) is 13.2. The zero-order chi connectivity index (χ0) is 29.5. The van der Waals surface area contributed by atoms with Crippen molar-refractivity contribution in [3.8, 4) is 11.5 Å². The fraction of sp³-hybridized carbons (Fsp3) is 0.235. The molecule has 0 bridgehead atoms. The lowest BCUT2D eigenvalue weighted by Gasteiger charge is -2.31. The molecular weight excluding hydrogens is 532 g/mol. The molecule has 1 N–H and O–H groups in total. The van der Waals surface area contributed by atoms with E-state index in [9.17, 15) is 14.7 Å². The molecule has 4 aromatic rings. The van der Waals surface area contributed by atoms with Crippen LogP contribution in [0.4, 0.5) is 11.4 Å². The first-order valence-corrected chi connectivity index (χ1v) is 13.8. The van der Waals surface area contributed by atoms with E-state index in [1.807, 2.05) is 54.3 Å². The minimum absolute atomic E-state index is 0.137. The zero-order valence-electron chi connectivity index (χ0n) is 23.8. The summed E-state index contributed by atoms with van der Waals surface area (Å²) in [5, 5.41) is 10.1. The van der Waals surface area contributed by atoms with E-state index in [0.717, 1.165) is 16.7 Å². The quantitative estimate of drug-likeness (QED) is 0.253. The van der Waals surface area contributed by atoms with Gasteiger partial charge in [0.25, 0.3) is 5.91 Å². The zero-order valence-corrected chi connectivity index (χ0v) is 23.8. The third kappa shape index (κ3) is 6.72. The third-order valence-corrected chi connectivity index (χ3v) is 7.19. The molecule has 1 aliphatic rings. The lowest BCUT2D eigenvalue weighted by molar-refractivity contribution is 0.0695. The summed E-state index contributed by atoms with van der Waals surface area (Å²) in [7, 11) is 1.58. The fourth-order valence-corrected chi connectivity index (χ4v) is 5.04. The van der Waals surface area contributed by atoms with Crippen LogP contribution in [-0.2, 0) is 17.9 Å². The molecule has 1 saturated heterocycles. The Morgan fingerprint density at radius 2 is 1.67 bits per heavy atom. The Morgan fingerprint density at radius 3 is 2.38 bits per heavy atom. The normalized spacial score (nSPS) is 13.0. The summed E-state index contributed by atoms with van der Waals surface area (Å²) in [6.07, 6.45) is 0. The molecule has 0 atom stereocenters. The maximum absolute atomic E-state index is 13.8. The molecule has 1 fully saturated rings. The van der Waals surface area contributed by atoms with Crippen LogP contribution in [0.5, 0.6) is 11.5 Å². The van der Waals surface area contributed by atoms with Crippen LogP contribution in [0.1, 0.15) is 37.4 Å². The van der Waals surface area contributed by atoms with Gasteiger partial charge in [0.05, 0.1) is 38.1 Å². The van der Waals surface area contributed by atoms with Gasteiger partial charge in [-0.3, -0.25) is 4.79 Å². The molecule has 8 nitrogen and oxygen atoms in total. The summed E-state index contributed by atoms with van der Waals surface area (Å²) in [6.45, 7) is 4.89. The third-order valence-electron chi connectivity index (χ3n) is 7.19. The highest BCUT2D eigenvalue weighted by Crippen LogP contribution is 2.32. The van der Waals surface area contributed by atoms with Crippen LogP contribution in [0.15, 0.2) is 91.0 Å². The second-order valence-electron chi connectivity index (χ2n) is 10.1. The van der Waals surface area contributed by atoms with E-state index in [2.05, 4.69) is 6.07 Å². The van der Waals surface area contributed by atoms with Crippen LogP contribution < -0.4 is 19.3 Å². The number of nitrogens with zero attached hydrogens (tertiary/aromatic N) is 2. The maximum Gasteiger partial charge on any atom is 0.337 e. The average molecular weight is 567 g/mol. The number of aryl methyl sites for hydroxylation is 1. The van der Waals surface area contributed by atoms with Crippen molar-refractivity contribution < 1.29 is 28.9 Å². The first kappa shape index (κ1) is 28.7. The monoisotopic (exact) mass is 566 g/mol. The van der Waals surface area contributed by atoms with E-state index < -0.39 is 5.97 Å². The van der Waals surface area contributed by atoms with Crippen LogP contribution in [0, 0.1) is 6.92 Å². The topological polar surface area (TPSA) is 88.5 Å². The molecule has 0 unspecified atom stereocenters. The van der Waals surface area contributed by atoms with E-state index >= 15 is 0 Å². The number of hydrogen-bond acceptors (Lipinski definition) is 6. The van der Waals surface area contributed by atoms with E-state index in [-0.39, 0.29) is 18.0 Å². The fourth-order valence-electron chi connectivity index (χ4n) is 5.04. The maximum atomic E-state index is 13.8. The molecule has 8 heteroatoms. The van der Waals surface area contributed by atoms with Gasteiger partial charge in [-0.15, -0.1) is 0 Å². The van der Waals surface area contributed by atoms with Crippen LogP contribution in [0.25, 0.3) is 0 Å². The number of morpholine rings is 1. The predicted molar refractivity (Wildman–Crippen MR) is 162 cm³/mol. The number of carbonyl (C=O) groups is 2. The average Bonchev–Trinajstić information content (AvgIpc) is 3.03. The lowest BCUT2D eigenvalue weighted by atomic mass is 10.1. The highest BCUT2D eigenvalue weighted by Gasteiger charge is 2.24. The number of rotatable bonds is 10. The largest absolute Gasteiger partial charge is 0.493 e. The summed E-state index contributed by atoms with van der Waals surface area (Å²) < 4.78 is 17.1. The molecule has 216 valence electrons. The van der Waals surface area contributed by atoms with Gasteiger partial charge in [-0.05, 0) is 60.5 Å². The molecule has 1 aliphatic heterocycles. The standard InChI is InChI=1S/C34H34N2O6/c1-24-7-6-8-26(19-24)23-42-31-14-11-25(20-32(31)40-2)22-36(33(37)27-9-4-3-5-10-27)28-12-13-30(29(21-28)34(38)39)35-15-17-41-18-16-35/h3-14,19-21H,15-18,22-23H2,1-2H3,(H,38,39). The Kier molecular flexibility index (Phi) is 9.04. The van der Waals surface area contributed by atoms with Crippen LogP contribution in [-0.4, -0.2) is 50.4 Å². The van der Waals surface area contributed by atoms with Crippen molar-refractivity contribution in [2.24, 2.45) is 0 Å². The van der Waals surface area contributed by atoms with Crippen LogP contribution in [0.2, 0.25) is 0 Å². The van der Waals surface area contributed by atoms with Gasteiger partial charge in [-0.25, -0.2) is 4.79 Å². The number of aromatic carboxylic acids is 1. The number of carboxylic acid groups (broad SMARTS) is 1. The van der Waals surface area contributed by atoms with Gasteiger partial charge in [0.15, 0.2) is 11.5 Å². The molecule has 0 aromatic heterocycles. The number of carboxylic acids is 1. The number of hydrogen-bond donors (Lipinski definition) is 1. The summed E-state index contributed by atoms with van der Waals surface area (Å²) in [5.74, 6) is -0.167. The van der Waals surface area contributed by atoms with E-state index in [1.54, 1.807) is 54.5 Å². The van der Waals surface area contributed by atoms with Crippen LogP contribution >= 0.6 is 0 Å². The van der Waals surface area contributed by atoms with Gasteiger partial charge in [-0.1, -0.05) is 54.1 Å². The van der Waals surface area contributed by atoms with Crippen molar-refractivity contribution in [1.82, 2.24) is 0 Å². The van der Waals surface area contributed by atoms with Crippen molar-refractivity contribution in [2.45, 2.75) is 20.1 Å². The van der Waals surface area contributed by atoms with Crippen molar-refractivity contribution in [1.29, 1.82) is 0 Å². The summed E-state index contributed by atoms with van der Waals surface area (Å²) >= 11 is 0. The summed E-state index contributed by atoms with van der Waals surface area (Å²) in [6, 6.07) is 27.8. The van der Waals surface area contributed by atoms with Gasteiger partial charge < -0.3 is 29.1 Å². The summed E-state index contributed by atoms with van der Waals surface area (Å²) in [4.78, 5) is 29.8. The van der Waals surface area contributed by atoms with Gasteiger partial charge in [-0.2, -0.15) is 0 Å². The number of ether oxygens (including phenoxy) is 3. The minimum Gasteiger partial charge on any atom is -0.493 e. The number of anilines is 2. The minimum atomic E-state index is -1.05. The smallest absolute Gasteiger partial charge is 0.337 e. The van der Waals surface area contributed by atoms with Crippen LogP contribution in [0.3, 0.4) is 0 Å². The molecule has 0 spiro atoms. The Hall–Kier alpha value is -4.82. The summed E-state index contributed by atoms with van der Waals surface area (Å²) in [5.41, 5.74) is 4.74. The molecule has 0 radical (unpaired) electrons. The number of benzene rings is 4. The molecular formula is C34H34N2O6. The highest BCUT2D eigenvalue weighted by molar-refractivity contribution is 6.07. The number of carbonyl (C=O) groups excluding carboxylic acids is 1. The van der Waals surface area contributed by atoms with Gasteiger partial charge in [0, 0.05) is 24.3 Å². The number of amides is 1. The molecule has 4 aromatic carbocycles.